The summed E-state index contributed by atoms with van der Waals surface area (Å²) in [6, 6.07) is 20.9. The fourth-order valence-corrected chi connectivity index (χ4v) is 6.52. The number of fused-ring (bicyclic) bond motifs is 5. The van der Waals surface area contributed by atoms with Crippen LogP contribution in [0.1, 0.15) is 37.8 Å². The van der Waals surface area contributed by atoms with Crippen molar-refractivity contribution in [2.45, 2.75) is 32.1 Å². The molecule has 0 spiro atoms. The van der Waals surface area contributed by atoms with Gasteiger partial charge in [0.1, 0.15) is 17.2 Å². The lowest BCUT2D eigenvalue weighted by atomic mass is 9.81. The molecule has 1 unspecified atom stereocenters. The monoisotopic (exact) mass is 509 g/mol. The van der Waals surface area contributed by atoms with E-state index in [9.17, 15) is 10.2 Å². The number of benzene rings is 4. The number of rotatable bonds is 5. The van der Waals surface area contributed by atoms with Crippen molar-refractivity contribution in [2.24, 2.45) is 5.92 Å². The van der Waals surface area contributed by atoms with E-state index in [0.717, 1.165) is 70.6 Å². The van der Waals surface area contributed by atoms with Crippen molar-refractivity contribution in [2.75, 3.05) is 38.8 Å². The summed E-state index contributed by atoms with van der Waals surface area (Å²) in [5.41, 5.74) is 7.62. The van der Waals surface area contributed by atoms with Gasteiger partial charge in [-0.05, 0) is 82.3 Å². The fraction of sp³-hybridized carbons (Fsp3) is 0.333. The predicted octanol–water partition coefficient (Wildman–Crippen LogP) is 6.74. The molecule has 0 amide bonds. The average molecular weight is 510 g/mol. The van der Waals surface area contributed by atoms with Crippen LogP contribution in [-0.2, 0) is 5.41 Å². The maximum Gasteiger partial charge on any atom is 0.142 e. The zero-order chi connectivity index (χ0) is 26.6. The van der Waals surface area contributed by atoms with Crippen LogP contribution in [-0.4, -0.2) is 44.1 Å². The van der Waals surface area contributed by atoms with Crippen molar-refractivity contribution < 1.29 is 19.7 Å². The highest BCUT2D eigenvalue weighted by atomic mass is 16.5. The Morgan fingerprint density at radius 2 is 1.68 bits per heavy atom. The van der Waals surface area contributed by atoms with E-state index in [-0.39, 0.29) is 23.7 Å². The Morgan fingerprint density at radius 1 is 0.895 bits per heavy atom. The first-order chi connectivity index (χ1) is 18.4. The van der Waals surface area contributed by atoms with E-state index >= 15 is 0 Å². The van der Waals surface area contributed by atoms with E-state index in [0.29, 0.717) is 0 Å². The third kappa shape index (κ3) is 3.71. The van der Waals surface area contributed by atoms with Gasteiger partial charge in [-0.15, -0.1) is 0 Å². The van der Waals surface area contributed by atoms with E-state index in [2.05, 4.69) is 49.1 Å². The molecule has 0 radical (unpaired) electrons. The topological polar surface area (TPSA) is 62.2 Å². The smallest absolute Gasteiger partial charge is 0.142 e. The quantitative estimate of drug-likeness (QED) is 0.312. The number of piperidine rings is 1. The molecular weight excluding hydrogens is 474 g/mol. The minimum Gasteiger partial charge on any atom is -0.507 e. The molecule has 0 bridgehead atoms. The molecule has 1 aliphatic carbocycles. The molecule has 38 heavy (non-hydrogen) atoms. The number of aliphatic hydroxyl groups is 1. The maximum atomic E-state index is 11.2. The molecule has 1 atom stereocenters. The Bertz CT molecular complexity index is 1540. The summed E-state index contributed by atoms with van der Waals surface area (Å²) in [5, 5.41) is 22.9. The first-order valence-electron chi connectivity index (χ1n) is 13.4. The lowest BCUT2D eigenvalue weighted by Crippen LogP contribution is -2.37. The summed E-state index contributed by atoms with van der Waals surface area (Å²) in [7, 11) is 3.39. The minimum absolute atomic E-state index is 0.193. The Labute approximate surface area is 224 Å². The summed E-state index contributed by atoms with van der Waals surface area (Å²) in [6.07, 6.45) is 2.07. The Morgan fingerprint density at radius 3 is 2.45 bits per heavy atom. The van der Waals surface area contributed by atoms with Crippen LogP contribution in [0, 0.1) is 5.92 Å². The number of phenols is 1. The van der Waals surface area contributed by atoms with Crippen molar-refractivity contribution >= 4 is 16.5 Å². The van der Waals surface area contributed by atoms with Gasteiger partial charge in [-0.25, -0.2) is 0 Å². The molecule has 4 aromatic rings. The molecular formula is C33H35NO4. The second-order valence-corrected chi connectivity index (χ2v) is 11.1. The second-order valence-electron chi connectivity index (χ2n) is 11.1. The molecule has 1 saturated heterocycles. The molecule has 2 N–H and O–H groups in total. The molecule has 1 aliphatic heterocycles. The standard InChI is InChI=1S/C33H35NO4/c1-33(2)26-14-21(22-9-5-6-10-30(22)37-3)11-12-23(26)32-25-15-28(34-13-7-8-20(18-34)19-35)31(38-4)16-24(25)29(36)17-27(32)33/h5-6,9-12,14-17,20,35-36H,7-8,13,18-19H2,1-4H3. The number of nitrogens with zero attached hydrogens (tertiary/aromatic N) is 1. The number of anilines is 1. The normalized spacial score (nSPS) is 17.8. The summed E-state index contributed by atoms with van der Waals surface area (Å²) in [6.45, 7) is 6.37. The highest BCUT2D eigenvalue weighted by Crippen LogP contribution is 2.55. The largest absolute Gasteiger partial charge is 0.507 e. The Hall–Kier alpha value is -3.70. The maximum absolute atomic E-state index is 11.2. The number of aliphatic hydroxyl groups excluding tert-OH is 1. The lowest BCUT2D eigenvalue weighted by molar-refractivity contribution is 0.208. The van der Waals surface area contributed by atoms with Crippen molar-refractivity contribution in [3.63, 3.8) is 0 Å². The summed E-state index contributed by atoms with van der Waals surface area (Å²) in [5.74, 6) is 2.12. The highest BCUT2D eigenvalue weighted by molar-refractivity contribution is 6.07. The van der Waals surface area contributed by atoms with Gasteiger partial charge >= 0.3 is 0 Å². The SMILES string of the molecule is COc1ccccc1-c1ccc2c(c1)C(C)(C)c1cc(O)c3cc(OC)c(N4CCCC(CO)C4)cc3c1-2. The van der Waals surface area contributed by atoms with E-state index in [1.54, 1.807) is 14.2 Å². The van der Waals surface area contributed by atoms with Gasteiger partial charge in [-0.1, -0.05) is 44.2 Å². The first-order valence-corrected chi connectivity index (χ1v) is 13.4. The number of para-hydroxylation sites is 1. The number of ether oxygens (including phenoxy) is 2. The number of hydrogen-bond donors (Lipinski definition) is 2. The second kappa shape index (κ2) is 9.25. The molecule has 0 saturated carbocycles. The van der Waals surface area contributed by atoms with Crippen LogP contribution in [0.15, 0.2) is 60.7 Å². The van der Waals surface area contributed by atoms with E-state index < -0.39 is 0 Å². The molecule has 2 aliphatic rings. The van der Waals surface area contributed by atoms with Crippen molar-refractivity contribution in [3.8, 4) is 39.5 Å². The predicted molar refractivity (Wildman–Crippen MR) is 154 cm³/mol. The van der Waals surface area contributed by atoms with Crippen LogP contribution in [0.4, 0.5) is 5.69 Å². The number of phenolic OH excluding ortho intramolecular Hbond substituents is 1. The van der Waals surface area contributed by atoms with Gasteiger partial charge in [0.05, 0.1) is 19.9 Å². The zero-order valence-electron chi connectivity index (χ0n) is 22.5. The Kier molecular flexibility index (Phi) is 5.99. The van der Waals surface area contributed by atoms with Crippen LogP contribution < -0.4 is 14.4 Å². The highest BCUT2D eigenvalue weighted by Gasteiger charge is 2.38. The van der Waals surface area contributed by atoms with Crippen LogP contribution >= 0.6 is 0 Å². The molecule has 5 nitrogen and oxygen atoms in total. The van der Waals surface area contributed by atoms with Crippen LogP contribution in [0.5, 0.6) is 17.2 Å². The summed E-state index contributed by atoms with van der Waals surface area (Å²) in [4.78, 5) is 2.32. The summed E-state index contributed by atoms with van der Waals surface area (Å²) >= 11 is 0. The number of aromatic hydroxyl groups is 1. The van der Waals surface area contributed by atoms with E-state index in [4.69, 9.17) is 9.47 Å². The molecule has 5 heteroatoms. The zero-order valence-corrected chi connectivity index (χ0v) is 22.5. The van der Waals surface area contributed by atoms with Gasteiger partial charge in [-0.3, -0.25) is 0 Å². The minimum atomic E-state index is -0.290. The fourth-order valence-electron chi connectivity index (χ4n) is 6.52. The molecule has 196 valence electrons. The first kappa shape index (κ1) is 24.6. The molecule has 4 aromatic carbocycles. The molecule has 1 fully saturated rings. The van der Waals surface area contributed by atoms with Gasteiger partial charge in [0.15, 0.2) is 0 Å². The third-order valence-electron chi connectivity index (χ3n) is 8.59. The van der Waals surface area contributed by atoms with Crippen molar-refractivity contribution in [3.05, 3.63) is 71.8 Å². The molecule has 0 aromatic heterocycles. The van der Waals surface area contributed by atoms with Crippen molar-refractivity contribution in [1.29, 1.82) is 0 Å². The van der Waals surface area contributed by atoms with Crippen molar-refractivity contribution in [1.82, 2.24) is 0 Å². The van der Waals surface area contributed by atoms with Crippen LogP contribution in [0.2, 0.25) is 0 Å². The van der Waals surface area contributed by atoms with Crippen LogP contribution in [0.25, 0.3) is 33.0 Å². The van der Waals surface area contributed by atoms with Gasteiger partial charge in [0.25, 0.3) is 0 Å². The Balaban J connectivity index is 1.57. The van der Waals surface area contributed by atoms with E-state index in [1.165, 1.54) is 16.7 Å². The lowest BCUT2D eigenvalue weighted by Gasteiger charge is -2.34. The van der Waals surface area contributed by atoms with Gasteiger partial charge < -0.3 is 24.6 Å². The summed E-state index contributed by atoms with van der Waals surface area (Å²) < 4.78 is 11.5. The third-order valence-corrected chi connectivity index (χ3v) is 8.59. The number of methoxy groups -OCH3 is 2. The molecule has 6 rings (SSSR count). The molecule has 1 heterocycles. The van der Waals surface area contributed by atoms with Gasteiger partial charge in [0.2, 0.25) is 0 Å². The van der Waals surface area contributed by atoms with Crippen LogP contribution in [0.3, 0.4) is 0 Å². The average Bonchev–Trinajstić information content (AvgIpc) is 3.18. The van der Waals surface area contributed by atoms with Gasteiger partial charge in [-0.2, -0.15) is 0 Å². The number of hydrogen-bond acceptors (Lipinski definition) is 5. The van der Waals surface area contributed by atoms with Gasteiger partial charge in [0, 0.05) is 36.1 Å². The van der Waals surface area contributed by atoms with E-state index in [1.807, 2.05) is 30.3 Å².